The minimum absolute atomic E-state index is 0.271. The lowest BCUT2D eigenvalue weighted by Crippen LogP contribution is -2.10. The van der Waals surface area contributed by atoms with Gasteiger partial charge in [-0.2, -0.15) is 0 Å². The summed E-state index contributed by atoms with van der Waals surface area (Å²) >= 11 is 0. The Morgan fingerprint density at radius 1 is 0.947 bits per heavy atom. The molecule has 0 rings (SSSR count). The molecule has 2 heteroatoms. The van der Waals surface area contributed by atoms with Gasteiger partial charge in [0.25, 0.3) is 0 Å². The highest BCUT2D eigenvalue weighted by Gasteiger charge is 2.04. The van der Waals surface area contributed by atoms with Gasteiger partial charge in [-0.3, -0.25) is 0 Å². The second-order valence-corrected chi connectivity index (χ2v) is 5.37. The van der Waals surface area contributed by atoms with E-state index >= 15 is 0 Å². The zero-order valence-electron chi connectivity index (χ0n) is 13.4. The zero-order valence-corrected chi connectivity index (χ0v) is 13.4. The predicted octanol–water partition coefficient (Wildman–Crippen LogP) is 5.47. The van der Waals surface area contributed by atoms with Crippen molar-refractivity contribution in [3.63, 3.8) is 0 Å². The van der Waals surface area contributed by atoms with Crippen molar-refractivity contribution < 1.29 is 9.47 Å². The third-order valence-electron chi connectivity index (χ3n) is 3.30. The van der Waals surface area contributed by atoms with Gasteiger partial charge in [0, 0.05) is 6.61 Å². The standard InChI is InChI=1S/C17H34O2/c1-5-7-8-9-10-11-12-13-14-16(3)19-17(4)15-18-6-2/h16H,4-15H2,1-3H3. The normalized spacial score (nSPS) is 12.4. The minimum atomic E-state index is 0.271. The van der Waals surface area contributed by atoms with E-state index in [9.17, 15) is 0 Å². The highest BCUT2D eigenvalue weighted by Crippen LogP contribution is 2.13. The van der Waals surface area contributed by atoms with Gasteiger partial charge in [0.15, 0.2) is 0 Å². The molecule has 0 radical (unpaired) electrons. The SMILES string of the molecule is C=C(COCC)OC(C)CCCCCCCCCC. The Labute approximate surface area is 120 Å². The van der Waals surface area contributed by atoms with Crippen LogP contribution in [-0.4, -0.2) is 19.3 Å². The molecule has 0 saturated carbocycles. The van der Waals surface area contributed by atoms with Crippen LogP contribution in [-0.2, 0) is 9.47 Å². The molecule has 0 aromatic heterocycles. The highest BCUT2D eigenvalue weighted by atomic mass is 16.5. The van der Waals surface area contributed by atoms with Gasteiger partial charge >= 0.3 is 0 Å². The summed E-state index contributed by atoms with van der Waals surface area (Å²) in [6.45, 7) is 11.5. The molecule has 0 aliphatic heterocycles. The largest absolute Gasteiger partial charge is 0.493 e. The number of rotatable bonds is 14. The van der Waals surface area contributed by atoms with E-state index in [0.717, 1.165) is 18.8 Å². The van der Waals surface area contributed by atoms with E-state index in [2.05, 4.69) is 20.4 Å². The van der Waals surface area contributed by atoms with Crippen molar-refractivity contribution in [1.29, 1.82) is 0 Å². The highest BCUT2D eigenvalue weighted by molar-refractivity contribution is 4.83. The van der Waals surface area contributed by atoms with E-state index in [1.807, 2.05) is 6.92 Å². The molecule has 0 heterocycles. The lowest BCUT2D eigenvalue weighted by Gasteiger charge is -2.16. The maximum atomic E-state index is 5.69. The van der Waals surface area contributed by atoms with Crippen LogP contribution in [0, 0.1) is 0 Å². The van der Waals surface area contributed by atoms with Crippen LogP contribution in [0.15, 0.2) is 12.3 Å². The van der Waals surface area contributed by atoms with E-state index in [-0.39, 0.29) is 6.10 Å². The zero-order chi connectivity index (χ0) is 14.3. The van der Waals surface area contributed by atoms with Gasteiger partial charge in [0.1, 0.15) is 12.4 Å². The summed E-state index contributed by atoms with van der Waals surface area (Å²) in [5.74, 6) is 0.758. The molecule has 0 aliphatic carbocycles. The Kier molecular flexibility index (Phi) is 13.6. The molecule has 0 N–H and O–H groups in total. The van der Waals surface area contributed by atoms with E-state index in [0.29, 0.717) is 6.61 Å². The molecule has 0 aromatic carbocycles. The molecule has 0 aliphatic rings. The monoisotopic (exact) mass is 270 g/mol. The molecule has 0 fully saturated rings. The average molecular weight is 270 g/mol. The minimum Gasteiger partial charge on any atom is -0.493 e. The average Bonchev–Trinajstić information content (AvgIpc) is 2.39. The van der Waals surface area contributed by atoms with Crippen molar-refractivity contribution in [2.24, 2.45) is 0 Å². The maximum Gasteiger partial charge on any atom is 0.115 e. The summed E-state index contributed by atoms with van der Waals surface area (Å²) in [6.07, 6.45) is 12.3. The lowest BCUT2D eigenvalue weighted by atomic mass is 10.1. The summed E-state index contributed by atoms with van der Waals surface area (Å²) in [5, 5.41) is 0. The molecule has 2 nitrogen and oxygen atoms in total. The van der Waals surface area contributed by atoms with E-state index in [1.165, 1.54) is 51.4 Å². The van der Waals surface area contributed by atoms with Gasteiger partial charge in [-0.1, -0.05) is 58.4 Å². The van der Waals surface area contributed by atoms with E-state index in [1.54, 1.807) is 0 Å². The quantitative estimate of drug-likeness (QED) is 0.308. The molecular formula is C17H34O2. The van der Waals surface area contributed by atoms with Crippen molar-refractivity contribution in [1.82, 2.24) is 0 Å². The van der Waals surface area contributed by atoms with Crippen molar-refractivity contribution in [2.45, 2.75) is 84.7 Å². The number of ether oxygens (including phenoxy) is 2. The van der Waals surface area contributed by atoms with Crippen LogP contribution in [0.3, 0.4) is 0 Å². The fourth-order valence-electron chi connectivity index (χ4n) is 2.16. The Morgan fingerprint density at radius 2 is 1.53 bits per heavy atom. The Hall–Kier alpha value is -0.500. The molecule has 0 spiro atoms. The Balaban J connectivity index is 3.28. The number of hydrogen-bond donors (Lipinski definition) is 0. The third-order valence-corrected chi connectivity index (χ3v) is 3.30. The van der Waals surface area contributed by atoms with Crippen LogP contribution in [0.4, 0.5) is 0 Å². The summed E-state index contributed by atoms with van der Waals surface area (Å²) < 4.78 is 11.0. The topological polar surface area (TPSA) is 18.5 Å². The maximum absolute atomic E-state index is 5.69. The molecule has 0 aromatic rings. The molecule has 1 atom stereocenters. The van der Waals surface area contributed by atoms with Crippen molar-refractivity contribution in [2.75, 3.05) is 13.2 Å². The van der Waals surface area contributed by atoms with Gasteiger partial charge in [0.2, 0.25) is 0 Å². The van der Waals surface area contributed by atoms with Crippen molar-refractivity contribution >= 4 is 0 Å². The molecule has 0 amide bonds. The smallest absolute Gasteiger partial charge is 0.115 e. The third kappa shape index (κ3) is 13.7. The molecule has 19 heavy (non-hydrogen) atoms. The fraction of sp³-hybridized carbons (Fsp3) is 0.882. The Morgan fingerprint density at radius 3 is 2.11 bits per heavy atom. The number of hydrogen-bond acceptors (Lipinski definition) is 2. The molecule has 1 unspecified atom stereocenters. The fourth-order valence-corrected chi connectivity index (χ4v) is 2.16. The lowest BCUT2D eigenvalue weighted by molar-refractivity contribution is 0.0667. The van der Waals surface area contributed by atoms with Crippen LogP contribution in [0.5, 0.6) is 0 Å². The predicted molar refractivity (Wildman–Crippen MR) is 83.4 cm³/mol. The van der Waals surface area contributed by atoms with Crippen LogP contribution in [0.1, 0.15) is 78.6 Å². The van der Waals surface area contributed by atoms with E-state index < -0.39 is 0 Å². The summed E-state index contributed by atoms with van der Waals surface area (Å²) in [4.78, 5) is 0. The first-order valence-electron chi connectivity index (χ1n) is 8.12. The Bertz CT molecular complexity index is 201. The van der Waals surface area contributed by atoms with Gasteiger partial charge in [-0.25, -0.2) is 0 Å². The van der Waals surface area contributed by atoms with Crippen LogP contribution in [0.2, 0.25) is 0 Å². The molecule has 0 bridgehead atoms. The second-order valence-electron chi connectivity index (χ2n) is 5.37. The van der Waals surface area contributed by atoms with E-state index in [4.69, 9.17) is 9.47 Å². The first-order valence-corrected chi connectivity index (χ1v) is 8.12. The van der Waals surface area contributed by atoms with Crippen LogP contribution < -0.4 is 0 Å². The summed E-state index contributed by atoms with van der Waals surface area (Å²) in [6, 6.07) is 0. The molecule has 114 valence electrons. The van der Waals surface area contributed by atoms with Crippen LogP contribution >= 0.6 is 0 Å². The van der Waals surface area contributed by atoms with Crippen molar-refractivity contribution in [3.05, 3.63) is 12.3 Å². The molecule has 0 saturated heterocycles. The summed E-state index contributed by atoms with van der Waals surface area (Å²) in [7, 11) is 0. The first kappa shape index (κ1) is 18.5. The van der Waals surface area contributed by atoms with Gasteiger partial charge < -0.3 is 9.47 Å². The van der Waals surface area contributed by atoms with Crippen molar-refractivity contribution in [3.8, 4) is 0 Å². The van der Waals surface area contributed by atoms with Crippen LogP contribution in [0.25, 0.3) is 0 Å². The molecular weight excluding hydrogens is 236 g/mol. The summed E-state index contributed by atoms with van der Waals surface area (Å²) in [5.41, 5.74) is 0. The second kappa shape index (κ2) is 13.9. The van der Waals surface area contributed by atoms with Gasteiger partial charge in [0.05, 0.1) is 6.10 Å². The number of unbranched alkanes of at least 4 members (excludes halogenated alkanes) is 7. The van der Waals surface area contributed by atoms with Gasteiger partial charge in [-0.05, 0) is 26.7 Å². The first-order chi connectivity index (χ1) is 9.20. The van der Waals surface area contributed by atoms with Gasteiger partial charge in [-0.15, -0.1) is 0 Å².